The number of benzene rings is 1. The van der Waals surface area contributed by atoms with Crippen LogP contribution in [0, 0.1) is 11.7 Å². The summed E-state index contributed by atoms with van der Waals surface area (Å²) in [4.78, 5) is 0. The topological polar surface area (TPSA) is 41.5 Å². The minimum absolute atomic E-state index is 0.0167. The summed E-state index contributed by atoms with van der Waals surface area (Å²) in [5, 5.41) is 14.3. The van der Waals surface area contributed by atoms with Gasteiger partial charge in [-0.15, -0.1) is 0 Å². The molecule has 0 unspecified atom stereocenters. The second-order valence-electron chi connectivity index (χ2n) is 5.66. The van der Waals surface area contributed by atoms with Gasteiger partial charge in [-0.3, -0.25) is 0 Å². The van der Waals surface area contributed by atoms with E-state index in [1.54, 1.807) is 12.1 Å². The first-order valence-corrected chi connectivity index (χ1v) is 7.01. The molecule has 1 saturated heterocycles. The molecule has 3 nitrogen and oxygen atoms in total. The number of aliphatic hydroxyl groups is 1. The van der Waals surface area contributed by atoms with Crippen LogP contribution < -0.4 is 5.32 Å². The Kier molecular flexibility index (Phi) is 3.46. The quantitative estimate of drug-likeness (QED) is 0.863. The van der Waals surface area contributed by atoms with E-state index in [-0.39, 0.29) is 11.9 Å². The molecule has 2 fully saturated rings. The monoisotopic (exact) mass is 265 g/mol. The molecule has 0 spiro atoms. The standard InChI is InChI=1S/C15H20FNO2/c16-12-4-6-13(7-5-12)17-14-3-1-2-11-8-9-19-10-15(11,14)18/h4-7,11,14,17-18H,1-3,8-10H2/t11-,14+,15+/m0/s1. The molecule has 104 valence electrons. The molecule has 3 rings (SSSR count). The second-order valence-corrected chi connectivity index (χ2v) is 5.66. The molecule has 1 heterocycles. The number of halogens is 1. The number of hydrogen-bond acceptors (Lipinski definition) is 3. The second kappa shape index (κ2) is 5.10. The van der Waals surface area contributed by atoms with Gasteiger partial charge in [0.15, 0.2) is 0 Å². The molecule has 2 aliphatic rings. The van der Waals surface area contributed by atoms with Crippen molar-refractivity contribution in [3.05, 3.63) is 30.1 Å². The number of anilines is 1. The van der Waals surface area contributed by atoms with Gasteiger partial charge in [-0.1, -0.05) is 6.42 Å². The van der Waals surface area contributed by atoms with Crippen molar-refractivity contribution in [1.82, 2.24) is 0 Å². The van der Waals surface area contributed by atoms with Gasteiger partial charge in [0.2, 0.25) is 0 Å². The third-order valence-electron chi connectivity index (χ3n) is 4.48. The summed E-state index contributed by atoms with van der Waals surface area (Å²) in [7, 11) is 0. The largest absolute Gasteiger partial charge is 0.385 e. The van der Waals surface area contributed by atoms with Crippen molar-refractivity contribution in [2.75, 3.05) is 18.5 Å². The van der Waals surface area contributed by atoms with Crippen molar-refractivity contribution in [2.45, 2.75) is 37.3 Å². The fourth-order valence-electron chi connectivity index (χ4n) is 3.37. The minimum atomic E-state index is -0.787. The number of fused-ring (bicyclic) bond motifs is 1. The molecule has 0 bridgehead atoms. The van der Waals surface area contributed by atoms with Gasteiger partial charge >= 0.3 is 0 Å². The van der Waals surface area contributed by atoms with E-state index in [4.69, 9.17) is 4.74 Å². The molecule has 0 radical (unpaired) electrons. The molecule has 19 heavy (non-hydrogen) atoms. The molecule has 0 aromatic heterocycles. The third kappa shape index (κ3) is 2.47. The maximum atomic E-state index is 12.9. The molecular weight excluding hydrogens is 245 g/mol. The Bertz CT molecular complexity index is 434. The molecule has 3 atom stereocenters. The molecule has 1 aromatic carbocycles. The summed E-state index contributed by atoms with van der Waals surface area (Å²) in [5.41, 5.74) is 0.0660. The number of rotatable bonds is 2. The zero-order valence-corrected chi connectivity index (χ0v) is 10.9. The van der Waals surface area contributed by atoms with E-state index < -0.39 is 5.60 Å². The van der Waals surface area contributed by atoms with Gasteiger partial charge in [-0.25, -0.2) is 4.39 Å². The van der Waals surface area contributed by atoms with Crippen molar-refractivity contribution >= 4 is 5.69 Å². The third-order valence-corrected chi connectivity index (χ3v) is 4.48. The summed E-state index contributed by atoms with van der Waals surface area (Å²) in [6.45, 7) is 1.15. The first-order valence-electron chi connectivity index (χ1n) is 7.01. The highest BCUT2D eigenvalue weighted by Crippen LogP contribution is 2.40. The lowest BCUT2D eigenvalue weighted by atomic mass is 9.70. The zero-order valence-electron chi connectivity index (χ0n) is 10.9. The van der Waals surface area contributed by atoms with Crippen LogP contribution in [0.1, 0.15) is 25.7 Å². The predicted octanol–water partition coefficient (Wildman–Crippen LogP) is 2.56. The lowest BCUT2D eigenvalue weighted by Gasteiger charge is -2.48. The maximum Gasteiger partial charge on any atom is 0.123 e. The Labute approximate surface area is 112 Å². The fourth-order valence-corrected chi connectivity index (χ4v) is 3.37. The van der Waals surface area contributed by atoms with Crippen LogP contribution in [-0.2, 0) is 4.74 Å². The highest BCUT2D eigenvalue weighted by molar-refractivity contribution is 5.44. The van der Waals surface area contributed by atoms with Crippen LogP contribution in [0.3, 0.4) is 0 Å². The number of ether oxygens (including phenoxy) is 1. The predicted molar refractivity (Wildman–Crippen MR) is 71.5 cm³/mol. The Morgan fingerprint density at radius 2 is 2.00 bits per heavy atom. The lowest BCUT2D eigenvalue weighted by Crippen LogP contribution is -2.60. The highest BCUT2D eigenvalue weighted by Gasteiger charge is 2.48. The van der Waals surface area contributed by atoms with Crippen molar-refractivity contribution in [3.8, 4) is 0 Å². The van der Waals surface area contributed by atoms with Crippen molar-refractivity contribution in [2.24, 2.45) is 5.92 Å². The smallest absolute Gasteiger partial charge is 0.123 e. The van der Waals surface area contributed by atoms with Crippen molar-refractivity contribution in [1.29, 1.82) is 0 Å². The van der Waals surface area contributed by atoms with Gasteiger partial charge in [0.25, 0.3) is 0 Å². The van der Waals surface area contributed by atoms with Crippen molar-refractivity contribution < 1.29 is 14.2 Å². The van der Waals surface area contributed by atoms with Gasteiger partial charge in [0, 0.05) is 12.3 Å². The van der Waals surface area contributed by atoms with Crippen LogP contribution in [0.4, 0.5) is 10.1 Å². The molecule has 1 aliphatic carbocycles. The van der Waals surface area contributed by atoms with E-state index >= 15 is 0 Å². The molecule has 1 saturated carbocycles. The Hall–Kier alpha value is -1.13. The summed E-state index contributed by atoms with van der Waals surface area (Å²) in [6, 6.07) is 6.28. The summed E-state index contributed by atoms with van der Waals surface area (Å²) in [5.74, 6) is 0.0692. The van der Waals surface area contributed by atoms with E-state index in [0.717, 1.165) is 38.0 Å². The van der Waals surface area contributed by atoms with Crippen LogP contribution >= 0.6 is 0 Å². The summed E-state index contributed by atoms with van der Waals surface area (Å²) < 4.78 is 18.4. The molecule has 1 aliphatic heterocycles. The van der Waals surface area contributed by atoms with E-state index in [1.165, 1.54) is 12.1 Å². The highest BCUT2D eigenvalue weighted by atomic mass is 19.1. The maximum absolute atomic E-state index is 12.9. The number of nitrogens with one attached hydrogen (secondary N) is 1. The SMILES string of the molecule is O[C@]12COCC[C@@H]1CCC[C@H]2Nc1ccc(F)cc1. The average molecular weight is 265 g/mol. The van der Waals surface area contributed by atoms with Crippen LogP contribution in [0.2, 0.25) is 0 Å². The molecule has 1 aromatic rings. The Balaban J connectivity index is 1.77. The van der Waals surface area contributed by atoms with Crippen LogP contribution in [0.25, 0.3) is 0 Å². The van der Waals surface area contributed by atoms with E-state index in [9.17, 15) is 9.50 Å². The van der Waals surface area contributed by atoms with Gasteiger partial charge in [-0.2, -0.15) is 0 Å². The van der Waals surface area contributed by atoms with Crippen LogP contribution in [0.5, 0.6) is 0 Å². The van der Waals surface area contributed by atoms with Crippen LogP contribution in [-0.4, -0.2) is 30.0 Å². The summed E-state index contributed by atoms with van der Waals surface area (Å²) in [6.07, 6.45) is 4.04. The Morgan fingerprint density at radius 3 is 2.79 bits per heavy atom. The first kappa shape index (κ1) is 12.9. The van der Waals surface area contributed by atoms with Crippen LogP contribution in [0.15, 0.2) is 24.3 Å². The van der Waals surface area contributed by atoms with Gasteiger partial charge in [-0.05, 0) is 49.4 Å². The normalized spacial score (nSPS) is 34.6. The van der Waals surface area contributed by atoms with Gasteiger partial charge in [0.1, 0.15) is 11.4 Å². The van der Waals surface area contributed by atoms with E-state index in [1.807, 2.05) is 0 Å². The molecular formula is C15H20FNO2. The summed E-state index contributed by atoms with van der Waals surface area (Å²) >= 11 is 0. The van der Waals surface area contributed by atoms with E-state index in [2.05, 4.69) is 5.32 Å². The van der Waals surface area contributed by atoms with Gasteiger partial charge < -0.3 is 15.2 Å². The zero-order chi connectivity index (χ0) is 13.3. The molecule has 4 heteroatoms. The minimum Gasteiger partial charge on any atom is -0.385 e. The lowest BCUT2D eigenvalue weighted by molar-refractivity contribution is -0.148. The fraction of sp³-hybridized carbons (Fsp3) is 0.600. The molecule has 2 N–H and O–H groups in total. The average Bonchev–Trinajstić information content (AvgIpc) is 2.42. The van der Waals surface area contributed by atoms with Gasteiger partial charge in [0.05, 0.1) is 12.6 Å². The molecule has 0 amide bonds. The first-order chi connectivity index (χ1) is 9.18. The van der Waals surface area contributed by atoms with Crippen molar-refractivity contribution in [3.63, 3.8) is 0 Å². The van der Waals surface area contributed by atoms with E-state index in [0.29, 0.717) is 12.5 Å². The number of hydrogen-bond donors (Lipinski definition) is 2. The Morgan fingerprint density at radius 1 is 1.21 bits per heavy atom.